The summed E-state index contributed by atoms with van der Waals surface area (Å²) in [6, 6.07) is 6.88. The van der Waals surface area contributed by atoms with Crippen molar-refractivity contribution in [1.29, 1.82) is 0 Å². The Labute approximate surface area is 123 Å². The number of nitro benzene ring substituents is 1. The zero-order chi connectivity index (χ0) is 14.0. The van der Waals surface area contributed by atoms with Gasteiger partial charge < -0.3 is 5.32 Å². The largest absolute Gasteiger partial charge is 0.379 e. The molecule has 1 heterocycles. The summed E-state index contributed by atoms with van der Waals surface area (Å²) in [6.07, 6.45) is 0. The van der Waals surface area contributed by atoms with Crippen LogP contribution < -0.4 is 5.32 Å². The van der Waals surface area contributed by atoms with Gasteiger partial charge in [0.2, 0.25) is 0 Å². The molecule has 0 saturated carbocycles. The minimum atomic E-state index is -0.402. The average Bonchev–Trinajstić information content (AvgIpc) is 2.67. The van der Waals surface area contributed by atoms with E-state index in [4.69, 9.17) is 0 Å². The fourth-order valence-electron chi connectivity index (χ4n) is 1.68. The third kappa shape index (κ3) is 3.33. The van der Waals surface area contributed by atoms with Crippen molar-refractivity contribution in [3.8, 4) is 0 Å². The van der Waals surface area contributed by atoms with E-state index in [0.29, 0.717) is 4.47 Å². The molecular formula is C13H13BrN2O2S. The Bertz CT molecular complexity index is 606. The van der Waals surface area contributed by atoms with Gasteiger partial charge in [-0.1, -0.05) is 0 Å². The molecule has 0 amide bonds. The van der Waals surface area contributed by atoms with Crippen LogP contribution in [-0.4, -0.2) is 4.92 Å². The number of halogens is 1. The first-order valence-corrected chi connectivity index (χ1v) is 7.32. The van der Waals surface area contributed by atoms with Crippen LogP contribution in [0.4, 0.5) is 11.4 Å². The van der Waals surface area contributed by atoms with Crippen molar-refractivity contribution in [3.63, 3.8) is 0 Å². The van der Waals surface area contributed by atoms with Gasteiger partial charge in [-0.2, -0.15) is 0 Å². The molecule has 2 rings (SSSR count). The van der Waals surface area contributed by atoms with Crippen molar-refractivity contribution in [2.45, 2.75) is 20.4 Å². The first-order valence-electron chi connectivity index (χ1n) is 5.71. The standard InChI is InChI=1S/C13H13BrN2O2S/c1-8-5-11(19-9(8)2)7-15-13-4-3-10(16(17)18)6-12(13)14/h3-6,15H,7H2,1-2H3. The van der Waals surface area contributed by atoms with Gasteiger partial charge in [0.1, 0.15) is 0 Å². The number of benzene rings is 1. The lowest BCUT2D eigenvalue weighted by Crippen LogP contribution is -1.98. The molecule has 0 saturated heterocycles. The predicted molar refractivity (Wildman–Crippen MR) is 81.9 cm³/mol. The highest BCUT2D eigenvalue weighted by Gasteiger charge is 2.09. The van der Waals surface area contributed by atoms with Gasteiger partial charge in [0, 0.05) is 38.6 Å². The van der Waals surface area contributed by atoms with Gasteiger partial charge in [0.15, 0.2) is 0 Å². The van der Waals surface area contributed by atoms with Crippen LogP contribution in [0.1, 0.15) is 15.3 Å². The van der Waals surface area contributed by atoms with Gasteiger partial charge >= 0.3 is 0 Å². The van der Waals surface area contributed by atoms with Crippen molar-refractivity contribution in [2.24, 2.45) is 0 Å². The Hall–Kier alpha value is -1.40. The molecule has 0 radical (unpaired) electrons. The molecular weight excluding hydrogens is 328 g/mol. The van der Waals surface area contributed by atoms with Gasteiger partial charge in [-0.15, -0.1) is 11.3 Å². The molecule has 0 aliphatic carbocycles. The van der Waals surface area contributed by atoms with Gasteiger partial charge in [-0.25, -0.2) is 0 Å². The van der Waals surface area contributed by atoms with Gasteiger partial charge in [0.25, 0.3) is 5.69 Å². The minimum Gasteiger partial charge on any atom is -0.379 e. The Balaban J connectivity index is 2.09. The molecule has 1 aromatic heterocycles. The molecule has 100 valence electrons. The quantitative estimate of drug-likeness (QED) is 0.651. The van der Waals surface area contributed by atoms with Gasteiger partial charge in [0.05, 0.1) is 4.92 Å². The molecule has 0 fully saturated rings. The molecule has 0 bridgehead atoms. The van der Waals surface area contributed by atoms with E-state index in [0.717, 1.165) is 12.2 Å². The smallest absolute Gasteiger partial charge is 0.270 e. The predicted octanol–water partition coefficient (Wildman–Crippen LogP) is 4.65. The number of rotatable bonds is 4. The highest BCUT2D eigenvalue weighted by molar-refractivity contribution is 9.10. The van der Waals surface area contributed by atoms with E-state index in [2.05, 4.69) is 41.2 Å². The second-order valence-electron chi connectivity index (χ2n) is 4.23. The fourth-order valence-corrected chi connectivity index (χ4v) is 3.18. The maximum absolute atomic E-state index is 10.7. The van der Waals surface area contributed by atoms with Crippen LogP contribution in [0.3, 0.4) is 0 Å². The van der Waals surface area contributed by atoms with Gasteiger partial charge in [-0.05, 0) is 47.5 Å². The van der Waals surface area contributed by atoms with Crippen LogP contribution in [0.2, 0.25) is 0 Å². The summed E-state index contributed by atoms with van der Waals surface area (Å²) >= 11 is 5.11. The minimum absolute atomic E-state index is 0.0836. The first kappa shape index (κ1) is 14.0. The molecule has 6 heteroatoms. The van der Waals surface area contributed by atoms with Crippen LogP contribution in [0.5, 0.6) is 0 Å². The Morgan fingerprint density at radius 1 is 1.37 bits per heavy atom. The molecule has 2 aromatic rings. The van der Waals surface area contributed by atoms with Crippen molar-refractivity contribution in [2.75, 3.05) is 5.32 Å². The molecule has 19 heavy (non-hydrogen) atoms. The van der Waals surface area contributed by atoms with Crippen molar-refractivity contribution in [3.05, 3.63) is 54.2 Å². The molecule has 0 unspecified atom stereocenters. The third-order valence-electron chi connectivity index (χ3n) is 2.83. The maximum Gasteiger partial charge on any atom is 0.270 e. The summed E-state index contributed by atoms with van der Waals surface area (Å²) in [5.41, 5.74) is 2.24. The zero-order valence-electron chi connectivity index (χ0n) is 10.6. The molecule has 0 spiro atoms. The van der Waals surface area contributed by atoms with E-state index in [1.165, 1.54) is 27.5 Å². The van der Waals surface area contributed by atoms with Crippen molar-refractivity contribution in [1.82, 2.24) is 0 Å². The Morgan fingerprint density at radius 2 is 2.11 bits per heavy atom. The highest BCUT2D eigenvalue weighted by atomic mass is 79.9. The lowest BCUT2D eigenvalue weighted by atomic mass is 10.2. The Kier molecular flexibility index (Phi) is 4.21. The number of hydrogen-bond acceptors (Lipinski definition) is 4. The average molecular weight is 341 g/mol. The summed E-state index contributed by atoms with van der Waals surface area (Å²) in [4.78, 5) is 12.8. The summed E-state index contributed by atoms with van der Waals surface area (Å²) in [6.45, 7) is 4.91. The van der Waals surface area contributed by atoms with E-state index in [1.54, 1.807) is 17.4 Å². The van der Waals surface area contributed by atoms with Gasteiger partial charge in [-0.3, -0.25) is 10.1 Å². The molecule has 0 aliphatic rings. The number of anilines is 1. The summed E-state index contributed by atoms with van der Waals surface area (Å²) in [7, 11) is 0. The van der Waals surface area contributed by atoms with Crippen molar-refractivity contribution >= 4 is 38.6 Å². The van der Waals surface area contributed by atoms with Crippen molar-refractivity contribution < 1.29 is 4.92 Å². The van der Waals surface area contributed by atoms with E-state index in [1.807, 2.05) is 0 Å². The first-order chi connectivity index (χ1) is 8.97. The van der Waals surface area contributed by atoms with Crippen LogP contribution in [0.25, 0.3) is 0 Å². The lowest BCUT2D eigenvalue weighted by molar-refractivity contribution is -0.384. The maximum atomic E-state index is 10.7. The lowest BCUT2D eigenvalue weighted by Gasteiger charge is -2.07. The van der Waals surface area contributed by atoms with E-state index in [-0.39, 0.29) is 5.69 Å². The molecule has 0 atom stereocenters. The number of hydrogen-bond donors (Lipinski definition) is 1. The monoisotopic (exact) mass is 340 g/mol. The van der Waals surface area contributed by atoms with Crippen LogP contribution >= 0.6 is 27.3 Å². The second-order valence-corrected chi connectivity index (χ2v) is 6.42. The number of nitro groups is 1. The second kappa shape index (κ2) is 5.71. The summed E-state index contributed by atoms with van der Waals surface area (Å²) < 4.78 is 0.701. The number of nitrogens with one attached hydrogen (secondary N) is 1. The number of non-ortho nitro benzene ring substituents is 1. The fraction of sp³-hybridized carbons (Fsp3) is 0.231. The van der Waals surface area contributed by atoms with Crippen LogP contribution in [0.15, 0.2) is 28.7 Å². The molecule has 1 N–H and O–H groups in total. The topological polar surface area (TPSA) is 55.2 Å². The molecule has 1 aromatic carbocycles. The van der Waals surface area contributed by atoms with Crippen LogP contribution in [0, 0.1) is 24.0 Å². The Morgan fingerprint density at radius 3 is 2.63 bits per heavy atom. The third-order valence-corrected chi connectivity index (χ3v) is 4.64. The summed E-state index contributed by atoms with van der Waals surface area (Å²) in [5.74, 6) is 0. The summed E-state index contributed by atoms with van der Waals surface area (Å²) in [5, 5.41) is 13.9. The number of thiophene rings is 1. The number of nitrogens with zero attached hydrogens (tertiary/aromatic N) is 1. The molecule has 0 aliphatic heterocycles. The SMILES string of the molecule is Cc1cc(CNc2ccc([N+](=O)[O-])cc2Br)sc1C. The molecule has 4 nitrogen and oxygen atoms in total. The van der Waals surface area contributed by atoms with E-state index in [9.17, 15) is 10.1 Å². The van der Waals surface area contributed by atoms with E-state index >= 15 is 0 Å². The number of aryl methyl sites for hydroxylation is 2. The zero-order valence-corrected chi connectivity index (χ0v) is 13.0. The van der Waals surface area contributed by atoms with E-state index < -0.39 is 4.92 Å². The normalized spacial score (nSPS) is 10.5. The highest BCUT2D eigenvalue weighted by Crippen LogP contribution is 2.28. The van der Waals surface area contributed by atoms with Crippen LogP contribution in [-0.2, 0) is 6.54 Å².